The highest BCUT2D eigenvalue weighted by Crippen LogP contribution is 2.32. The molecular formula is C26H38ClN5O4S2. The molecule has 0 bridgehead atoms. The molecule has 1 fully saturated rings. The second kappa shape index (κ2) is 11.1. The fourth-order valence-corrected chi connectivity index (χ4v) is 7.17. The summed E-state index contributed by atoms with van der Waals surface area (Å²) in [5.41, 5.74) is 3.03. The summed E-state index contributed by atoms with van der Waals surface area (Å²) in [7, 11) is -3.74. The number of thiazole rings is 1. The number of aromatic nitrogens is 1. The van der Waals surface area contributed by atoms with Crippen LogP contribution in [0.25, 0.3) is 0 Å². The third-order valence-electron chi connectivity index (χ3n) is 7.16. The molecule has 0 spiro atoms. The van der Waals surface area contributed by atoms with E-state index >= 15 is 0 Å². The summed E-state index contributed by atoms with van der Waals surface area (Å²) in [4.78, 5) is 23.7. The van der Waals surface area contributed by atoms with Crippen LogP contribution in [0.15, 0.2) is 58.9 Å². The Morgan fingerprint density at radius 3 is 2.74 bits per heavy atom. The molecule has 1 saturated heterocycles. The Bertz CT molecular complexity index is 1400. The number of aliphatic hydroxyl groups is 1. The van der Waals surface area contributed by atoms with Gasteiger partial charge in [-0.2, -0.15) is 0 Å². The summed E-state index contributed by atoms with van der Waals surface area (Å²) in [6.45, 7) is 4.03. The van der Waals surface area contributed by atoms with Gasteiger partial charge in [0.25, 0.3) is 10.0 Å². The molecule has 3 heterocycles. The van der Waals surface area contributed by atoms with Crippen LogP contribution < -0.4 is 14.5 Å². The Morgan fingerprint density at radius 1 is 1.24 bits per heavy atom. The number of nitrogens with one attached hydrogen (secondary N) is 1. The maximum Gasteiger partial charge on any atom is 0.263 e. The number of amides is 1. The standard InChI is InChI=1S/C26H30ClN5O4S2.4H2/c1-18(31-11-2-3-19-15-20(27)4-9-24(19)31)25(34)32-13-12-30(16-22(32)17-33)21-5-7-23(8-6-21)38(35,36)29-26-28-10-14-37-26;;;;/h4-10,14-15,18,22,33H,2-3,11-13,16-17H2,1H3,(H,28,29);4*1H/t18-,22-;;;;/m1..../s1. The number of anilines is 3. The van der Waals surface area contributed by atoms with E-state index in [2.05, 4.69) is 19.5 Å². The molecule has 0 aliphatic carbocycles. The molecule has 2 N–H and O–H groups in total. The molecule has 0 radical (unpaired) electrons. The minimum absolute atomic E-state index is 0. The van der Waals surface area contributed by atoms with Gasteiger partial charge >= 0.3 is 0 Å². The van der Waals surface area contributed by atoms with E-state index in [1.807, 2.05) is 25.1 Å². The molecule has 9 nitrogen and oxygen atoms in total. The van der Waals surface area contributed by atoms with Gasteiger partial charge in [-0.3, -0.25) is 9.52 Å². The third-order valence-corrected chi connectivity index (χ3v) is 9.57. The van der Waals surface area contributed by atoms with E-state index in [1.54, 1.807) is 34.5 Å². The molecule has 5 rings (SSSR count). The van der Waals surface area contributed by atoms with E-state index in [0.717, 1.165) is 36.3 Å². The number of sulfonamides is 1. The molecule has 1 aromatic heterocycles. The maximum absolute atomic E-state index is 13.6. The van der Waals surface area contributed by atoms with Gasteiger partial charge in [-0.25, -0.2) is 13.4 Å². The number of halogens is 1. The van der Waals surface area contributed by atoms with Crippen LogP contribution in [0.5, 0.6) is 0 Å². The lowest BCUT2D eigenvalue weighted by molar-refractivity contribution is -0.136. The van der Waals surface area contributed by atoms with Crippen LogP contribution in [-0.2, 0) is 21.2 Å². The van der Waals surface area contributed by atoms with E-state index in [4.69, 9.17) is 11.6 Å². The average Bonchev–Trinajstić information content (AvgIpc) is 3.43. The summed E-state index contributed by atoms with van der Waals surface area (Å²) in [5.74, 6) is -0.0128. The van der Waals surface area contributed by atoms with Crippen LogP contribution in [0, 0.1) is 0 Å². The molecule has 2 aliphatic rings. The van der Waals surface area contributed by atoms with Crippen molar-refractivity contribution in [2.75, 3.05) is 47.3 Å². The number of fused-ring (bicyclic) bond motifs is 1. The molecule has 1 amide bonds. The van der Waals surface area contributed by atoms with E-state index in [0.29, 0.717) is 29.8 Å². The highest BCUT2D eigenvalue weighted by atomic mass is 35.5. The molecular weight excluding hydrogens is 546 g/mol. The van der Waals surface area contributed by atoms with Gasteiger partial charge in [-0.05, 0) is 67.8 Å². The summed E-state index contributed by atoms with van der Waals surface area (Å²) < 4.78 is 27.8. The number of hydrogen-bond acceptors (Lipinski definition) is 8. The normalized spacial score (nSPS) is 18.7. The van der Waals surface area contributed by atoms with Gasteiger partial charge in [0.15, 0.2) is 5.13 Å². The second-order valence-corrected chi connectivity index (χ2v) is 12.5. The van der Waals surface area contributed by atoms with Crippen molar-refractivity contribution < 1.29 is 24.0 Å². The van der Waals surface area contributed by atoms with Crippen molar-refractivity contribution in [2.24, 2.45) is 0 Å². The molecule has 3 aromatic rings. The molecule has 210 valence electrons. The van der Waals surface area contributed by atoms with Crippen molar-refractivity contribution in [3.8, 4) is 0 Å². The first-order chi connectivity index (χ1) is 18.3. The zero-order valence-electron chi connectivity index (χ0n) is 21.0. The predicted molar refractivity (Wildman–Crippen MR) is 159 cm³/mol. The molecule has 0 unspecified atom stereocenters. The van der Waals surface area contributed by atoms with Gasteiger partial charge in [0.2, 0.25) is 5.91 Å². The van der Waals surface area contributed by atoms with Gasteiger partial charge in [0.1, 0.15) is 6.04 Å². The number of carbonyl (C=O) groups is 1. The largest absolute Gasteiger partial charge is 0.394 e. The Kier molecular flexibility index (Phi) is 7.80. The number of piperazine rings is 1. The number of hydrogen-bond donors (Lipinski definition) is 2. The molecule has 38 heavy (non-hydrogen) atoms. The lowest BCUT2D eigenvalue weighted by Crippen LogP contribution is -2.60. The number of carbonyl (C=O) groups excluding carboxylic acids is 1. The summed E-state index contributed by atoms with van der Waals surface area (Å²) >= 11 is 7.40. The van der Waals surface area contributed by atoms with E-state index in [1.165, 1.54) is 17.5 Å². The van der Waals surface area contributed by atoms with Crippen LogP contribution in [-0.4, -0.2) is 74.2 Å². The number of benzene rings is 2. The van der Waals surface area contributed by atoms with Gasteiger partial charge in [0.05, 0.1) is 17.5 Å². The minimum atomic E-state index is -3.74. The summed E-state index contributed by atoms with van der Waals surface area (Å²) in [5, 5.41) is 12.9. The summed E-state index contributed by atoms with van der Waals surface area (Å²) in [6, 6.07) is 11.7. The topological polar surface area (TPSA) is 106 Å². The van der Waals surface area contributed by atoms with Crippen molar-refractivity contribution in [1.82, 2.24) is 9.88 Å². The van der Waals surface area contributed by atoms with Gasteiger partial charge in [-0.15, -0.1) is 11.3 Å². The van der Waals surface area contributed by atoms with Crippen molar-refractivity contribution in [2.45, 2.75) is 36.7 Å². The van der Waals surface area contributed by atoms with Gasteiger partial charge < -0.3 is 19.8 Å². The Hall–Kier alpha value is -2.86. The van der Waals surface area contributed by atoms with Gasteiger partial charge in [-0.1, -0.05) is 11.6 Å². The predicted octanol–water partition coefficient (Wildman–Crippen LogP) is 4.43. The fraction of sp³-hybridized carbons (Fsp3) is 0.385. The molecule has 2 aliphatic heterocycles. The van der Waals surface area contributed by atoms with Crippen LogP contribution in [0.4, 0.5) is 16.5 Å². The number of nitrogens with zero attached hydrogens (tertiary/aromatic N) is 4. The van der Waals surface area contributed by atoms with Gasteiger partial charge in [0, 0.05) is 59.9 Å². The van der Waals surface area contributed by atoms with Crippen LogP contribution in [0.3, 0.4) is 0 Å². The molecule has 2 atom stereocenters. The van der Waals surface area contributed by atoms with Crippen LogP contribution in [0.1, 0.15) is 24.6 Å². The van der Waals surface area contributed by atoms with E-state index in [9.17, 15) is 18.3 Å². The van der Waals surface area contributed by atoms with Crippen molar-refractivity contribution in [3.63, 3.8) is 0 Å². The Morgan fingerprint density at radius 2 is 2.03 bits per heavy atom. The van der Waals surface area contributed by atoms with Crippen LogP contribution >= 0.6 is 22.9 Å². The summed E-state index contributed by atoms with van der Waals surface area (Å²) in [6.07, 6.45) is 3.43. The smallest absolute Gasteiger partial charge is 0.263 e. The minimum Gasteiger partial charge on any atom is -0.394 e. The average molecular weight is 584 g/mol. The first-order valence-corrected chi connectivity index (χ1v) is 15.2. The quantitative estimate of drug-likeness (QED) is 0.424. The maximum atomic E-state index is 13.6. The fourth-order valence-electron chi connectivity index (χ4n) is 5.19. The SMILES string of the molecule is C[C@H](C(=O)N1CCN(c2ccc(S(=O)(=O)Nc3nccs3)cc2)C[C@@H]1CO)N1CCCc2cc(Cl)ccc21.[HH].[HH].[HH].[HH]. The monoisotopic (exact) mass is 583 g/mol. The first-order valence-electron chi connectivity index (χ1n) is 12.5. The van der Waals surface area contributed by atoms with Crippen molar-refractivity contribution >= 4 is 55.4 Å². The number of aryl methyl sites for hydroxylation is 1. The van der Waals surface area contributed by atoms with Crippen molar-refractivity contribution in [1.29, 1.82) is 0 Å². The third kappa shape index (κ3) is 5.47. The van der Waals surface area contributed by atoms with E-state index in [-0.39, 0.29) is 35.2 Å². The van der Waals surface area contributed by atoms with Crippen LogP contribution in [0.2, 0.25) is 5.02 Å². The highest BCUT2D eigenvalue weighted by Gasteiger charge is 2.35. The van der Waals surface area contributed by atoms with Crippen molar-refractivity contribution in [3.05, 3.63) is 64.6 Å². The Labute approximate surface area is 237 Å². The Balaban J connectivity index is 0.00000220. The zero-order chi connectivity index (χ0) is 26.9. The zero-order valence-corrected chi connectivity index (χ0v) is 23.3. The number of rotatable bonds is 7. The molecule has 0 saturated carbocycles. The lowest BCUT2D eigenvalue weighted by atomic mass is 9.99. The number of aliphatic hydroxyl groups excluding tert-OH is 1. The highest BCUT2D eigenvalue weighted by molar-refractivity contribution is 7.93. The van der Waals surface area contributed by atoms with E-state index < -0.39 is 10.0 Å². The lowest BCUT2D eigenvalue weighted by Gasteiger charge is -2.44. The first kappa shape index (κ1) is 26.7. The molecule has 2 aromatic carbocycles. The molecule has 12 heteroatoms. The second-order valence-electron chi connectivity index (χ2n) is 9.50.